The molecule has 0 aromatic carbocycles. The Bertz CT molecular complexity index is 944. The second kappa shape index (κ2) is 7.24. The minimum Gasteiger partial charge on any atom is -0.478 e. The van der Waals surface area contributed by atoms with Gasteiger partial charge in [-0.1, -0.05) is 0 Å². The number of H-pyrrole nitrogens is 1. The van der Waals surface area contributed by atoms with Crippen molar-refractivity contribution in [3.05, 3.63) is 18.7 Å². The van der Waals surface area contributed by atoms with E-state index in [9.17, 15) is 18.3 Å². The molecule has 0 spiro atoms. The molecule has 4 heterocycles. The second-order valence-electron chi connectivity index (χ2n) is 6.20. The lowest BCUT2D eigenvalue weighted by Crippen LogP contribution is -2.42. The average molecular weight is 399 g/mol. The topological polar surface area (TPSA) is 122 Å². The van der Waals surface area contributed by atoms with Crippen molar-refractivity contribution in [2.45, 2.75) is 24.7 Å². The zero-order valence-electron chi connectivity index (χ0n) is 14.3. The van der Waals surface area contributed by atoms with Gasteiger partial charge in [0, 0.05) is 18.4 Å². The summed E-state index contributed by atoms with van der Waals surface area (Å²) in [6, 6.07) is -0.341. The number of rotatable bonds is 5. The molecule has 0 aliphatic carbocycles. The quantitative estimate of drug-likeness (QED) is 0.581. The van der Waals surface area contributed by atoms with Crippen LogP contribution in [-0.2, 0) is 4.74 Å². The summed E-state index contributed by atoms with van der Waals surface area (Å²) in [6.45, 7) is -0.862. The maximum absolute atomic E-state index is 12.7. The molecule has 1 aliphatic rings. The first-order valence-corrected chi connectivity index (χ1v) is 8.37. The van der Waals surface area contributed by atoms with Gasteiger partial charge in [0.05, 0.1) is 24.9 Å². The van der Waals surface area contributed by atoms with Crippen LogP contribution in [0.5, 0.6) is 5.75 Å². The minimum absolute atomic E-state index is 0.0551. The van der Waals surface area contributed by atoms with Gasteiger partial charge in [-0.2, -0.15) is 27.8 Å². The SMILES string of the molecule is O[C@@H]1COCC[C@@H]1Nc1nc2c(OCC(F)(F)F)c(-c3cn[nH]c3)ncn2n1. The van der Waals surface area contributed by atoms with E-state index in [1.165, 1.54) is 23.2 Å². The molecule has 150 valence electrons. The molecule has 28 heavy (non-hydrogen) atoms. The number of aliphatic hydroxyl groups excluding tert-OH is 1. The molecule has 3 N–H and O–H groups in total. The third-order valence-corrected chi connectivity index (χ3v) is 4.14. The van der Waals surface area contributed by atoms with Crippen molar-refractivity contribution >= 4 is 11.6 Å². The summed E-state index contributed by atoms with van der Waals surface area (Å²) in [6.07, 6.45) is -0.543. The van der Waals surface area contributed by atoms with E-state index in [1.54, 1.807) is 0 Å². The Morgan fingerprint density at radius 3 is 3.00 bits per heavy atom. The summed E-state index contributed by atoms with van der Waals surface area (Å²) in [4.78, 5) is 8.37. The highest BCUT2D eigenvalue weighted by atomic mass is 19.4. The zero-order valence-corrected chi connectivity index (χ0v) is 14.3. The molecule has 0 radical (unpaired) electrons. The number of nitrogens with one attached hydrogen (secondary N) is 2. The van der Waals surface area contributed by atoms with E-state index in [1.807, 2.05) is 0 Å². The standard InChI is InChI=1S/C15H16F3N7O3/c16-15(17,18)6-28-12-11(8-3-20-21-4-8)19-7-25-13(12)23-14(24-25)22-9-1-2-27-5-10(9)26/h3-4,7,9-10,26H,1-2,5-6H2,(H,20,21)(H,22,24)/t9-,10+/m0/s1. The number of fused-ring (bicyclic) bond motifs is 1. The number of aromatic amines is 1. The Morgan fingerprint density at radius 2 is 2.29 bits per heavy atom. The van der Waals surface area contributed by atoms with Crippen LogP contribution in [0.2, 0.25) is 0 Å². The van der Waals surface area contributed by atoms with Crippen molar-refractivity contribution in [3.8, 4) is 17.0 Å². The van der Waals surface area contributed by atoms with Crippen LogP contribution < -0.4 is 10.1 Å². The lowest BCUT2D eigenvalue weighted by molar-refractivity contribution is -0.153. The Hall–Kier alpha value is -2.93. The molecule has 10 nitrogen and oxygen atoms in total. The largest absolute Gasteiger partial charge is 0.478 e. The molecule has 0 amide bonds. The van der Waals surface area contributed by atoms with E-state index in [2.05, 4.69) is 30.6 Å². The number of hydrogen-bond acceptors (Lipinski definition) is 8. The summed E-state index contributed by atoms with van der Waals surface area (Å²) >= 11 is 0. The second-order valence-corrected chi connectivity index (χ2v) is 6.20. The van der Waals surface area contributed by atoms with E-state index in [0.717, 1.165) is 0 Å². The Morgan fingerprint density at radius 1 is 1.43 bits per heavy atom. The van der Waals surface area contributed by atoms with Gasteiger partial charge in [0.2, 0.25) is 11.6 Å². The highest BCUT2D eigenvalue weighted by Crippen LogP contribution is 2.32. The monoisotopic (exact) mass is 399 g/mol. The fourth-order valence-corrected chi connectivity index (χ4v) is 2.83. The van der Waals surface area contributed by atoms with Crippen LogP contribution in [0.25, 0.3) is 16.9 Å². The highest BCUT2D eigenvalue weighted by Gasteiger charge is 2.31. The molecule has 0 unspecified atom stereocenters. The van der Waals surface area contributed by atoms with Gasteiger partial charge in [-0.3, -0.25) is 5.10 Å². The first kappa shape index (κ1) is 18.4. The molecule has 13 heteroatoms. The van der Waals surface area contributed by atoms with Gasteiger partial charge < -0.3 is 19.9 Å². The molecular formula is C15H16F3N7O3. The van der Waals surface area contributed by atoms with Crippen LogP contribution in [0, 0.1) is 0 Å². The van der Waals surface area contributed by atoms with Crippen LogP contribution >= 0.6 is 0 Å². The molecule has 2 atom stereocenters. The molecule has 3 aromatic heterocycles. The number of aromatic nitrogens is 6. The fourth-order valence-electron chi connectivity index (χ4n) is 2.83. The molecule has 3 aromatic rings. The number of ether oxygens (including phenoxy) is 2. The van der Waals surface area contributed by atoms with Gasteiger partial charge in [0.1, 0.15) is 12.0 Å². The summed E-state index contributed by atoms with van der Waals surface area (Å²) in [5.74, 6) is -0.0387. The number of alkyl halides is 3. The van der Waals surface area contributed by atoms with Gasteiger partial charge in [-0.05, 0) is 6.42 Å². The number of halogens is 3. The number of hydrogen-bond donors (Lipinski definition) is 3. The Kier molecular flexibility index (Phi) is 4.77. The summed E-state index contributed by atoms with van der Waals surface area (Å²) in [5.41, 5.74) is 0.645. The van der Waals surface area contributed by atoms with Crippen LogP contribution in [0.3, 0.4) is 0 Å². The van der Waals surface area contributed by atoms with Crippen LogP contribution in [-0.4, -0.2) is 73.0 Å². The zero-order chi connectivity index (χ0) is 19.7. The van der Waals surface area contributed by atoms with Crippen molar-refractivity contribution < 1.29 is 27.8 Å². The summed E-state index contributed by atoms with van der Waals surface area (Å²) in [7, 11) is 0. The summed E-state index contributed by atoms with van der Waals surface area (Å²) in [5, 5.41) is 23.5. The molecule has 1 aliphatic heterocycles. The fraction of sp³-hybridized carbons (Fsp3) is 0.467. The molecule has 1 fully saturated rings. The van der Waals surface area contributed by atoms with Gasteiger partial charge >= 0.3 is 6.18 Å². The van der Waals surface area contributed by atoms with Crippen molar-refractivity contribution in [2.75, 3.05) is 25.1 Å². The number of aliphatic hydroxyl groups is 1. The highest BCUT2D eigenvalue weighted by molar-refractivity contribution is 5.73. The van der Waals surface area contributed by atoms with Gasteiger partial charge in [-0.25, -0.2) is 4.98 Å². The predicted molar refractivity (Wildman–Crippen MR) is 88.8 cm³/mol. The van der Waals surface area contributed by atoms with E-state index in [0.29, 0.717) is 18.6 Å². The van der Waals surface area contributed by atoms with Crippen molar-refractivity contribution in [1.82, 2.24) is 29.8 Å². The van der Waals surface area contributed by atoms with Crippen LogP contribution in [0.1, 0.15) is 6.42 Å². The molecule has 0 saturated carbocycles. The van der Waals surface area contributed by atoms with Gasteiger partial charge in [0.25, 0.3) is 0 Å². The van der Waals surface area contributed by atoms with Gasteiger partial charge in [-0.15, -0.1) is 5.10 Å². The van der Waals surface area contributed by atoms with Crippen LogP contribution in [0.4, 0.5) is 19.1 Å². The van der Waals surface area contributed by atoms with E-state index in [-0.39, 0.29) is 35.7 Å². The van der Waals surface area contributed by atoms with Gasteiger partial charge in [0.15, 0.2) is 12.4 Å². The average Bonchev–Trinajstić information content (AvgIpc) is 3.30. The van der Waals surface area contributed by atoms with E-state index >= 15 is 0 Å². The third kappa shape index (κ3) is 3.84. The predicted octanol–water partition coefficient (Wildman–Crippen LogP) is 1.02. The number of anilines is 1. The normalized spacial score (nSPS) is 20.4. The summed E-state index contributed by atoms with van der Waals surface area (Å²) < 4.78 is 49.5. The van der Waals surface area contributed by atoms with Crippen LogP contribution in [0.15, 0.2) is 18.7 Å². The lowest BCUT2D eigenvalue weighted by atomic mass is 10.1. The Labute approximate surface area is 155 Å². The first-order chi connectivity index (χ1) is 13.4. The number of nitrogens with zero attached hydrogens (tertiary/aromatic N) is 5. The minimum atomic E-state index is -4.53. The van der Waals surface area contributed by atoms with Crippen molar-refractivity contribution in [3.63, 3.8) is 0 Å². The maximum Gasteiger partial charge on any atom is 0.422 e. The maximum atomic E-state index is 12.7. The smallest absolute Gasteiger partial charge is 0.422 e. The molecule has 1 saturated heterocycles. The van der Waals surface area contributed by atoms with Crippen molar-refractivity contribution in [2.24, 2.45) is 0 Å². The van der Waals surface area contributed by atoms with E-state index in [4.69, 9.17) is 9.47 Å². The molecule has 4 rings (SSSR count). The van der Waals surface area contributed by atoms with E-state index < -0.39 is 18.9 Å². The first-order valence-electron chi connectivity index (χ1n) is 8.37. The lowest BCUT2D eigenvalue weighted by Gasteiger charge is -2.27. The molecular weight excluding hydrogens is 383 g/mol. The molecule has 0 bridgehead atoms. The Balaban J connectivity index is 1.70. The third-order valence-electron chi connectivity index (χ3n) is 4.14. The van der Waals surface area contributed by atoms with Crippen molar-refractivity contribution in [1.29, 1.82) is 0 Å².